The van der Waals surface area contributed by atoms with Gasteiger partial charge in [0.15, 0.2) is 0 Å². The minimum absolute atomic E-state index is 0.00657. The predicted octanol–water partition coefficient (Wildman–Crippen LogP) is 2.00. The summed E-state index contributed by atoms with van der Waals surface area (Å²) in [7, 11) is 0. The van der Waals surface area contributed by atoms with Gasteiger partial charge in [0.05, 0.1) is 24.6 Å². The van der Waals surface area contributed by atoms with Crippen LogP contribution in [0.15, 0.2) is 12.4 Å². The fourth-order valence-corrected chi connectivity index (χ4v) is 1.89. The molecule has 0 aromatic carbocycles. The quantitative estimate of drug-likeness (QED) is 0.831. The van der Waals surface area contributed by atoms with Gasteiger partial charge in [0.2, 0.25) is 5.88 Å². The third-order valence-electron chi connectivity index (χ3n) is 2.50. The average Bonchev–Trinajstić information content (AvgIpc) is 2.17. The zero-order valence-corrected chi connectivity index (χ0v) is 10.3. The van der Waals surface area contributed by atoms with E-state index in [1.165, 1.54) is 0 Å². The van der Waals surface area contributed by atoms with Crippen molar-refractivity contribution in [2.45, 2.75) is 39.7 Å². The van der Waals surface area contributed by atoms with Crippen molar-refractivity contribution >= 4 is 0 Å². The first-order chi connectivity index (χ1) is 7.56. The predicted molar refractivity (Wildman–Crippen MR) is 62.5 cm³/mol. The summed E-state index contributed by atoms with van der Waals surface area (Å²) >= 11 is 0. The Balaban J connectivity index is 2.95. The molecule has 0 aliphatic heterocycles. The summed E-state index contributed by atoms with van der Waals surface area (Å²) in [6.45, 7) is 8.38. The molecule has 1 heterocycles. The number of aliphatic hydroxyl groups excluding tert-OH is 1. The topological polar surface area (TPSA) is 55.2 Å². The lowest BCUT2D eigenvalue weighted by Crippen LogP contribution is -2.21. The summed E-state index contributed by atoms with van der Waals surface area (Å²) in [4.78, 5) is 8.45. The molecule has 1 aromatic heterocycles. The third-order valence-corrected chi connectivity index (χ3v) is 2.50. The van der Waals surface area contributed by atoms with Crippen molar-refractivity contribution in [1.29, 1.82) is 0 Å². The first-order valence-corrected chi connectivity index (χ1v) is 5.69. The van der Waals surface area contributed by atoms with Gasteiger partial charge in [-0.25, -0.2) is 4.98 Å². The van der Waals surface area contributed by atoms with Crippen LogP contribution in [0.3, 0.4) is 0 Å². The Morgan fingerprint density at radius 1 is 1.31 bits per heavy atom. The van der Waals surface area contributed by atoms with Gasteiger partial charge in [-0.15, -0.1) is 0 Å². The van der Waals surface area contributed by atoms with E-state index in [1.807, 2.05) is 6.92 Å². The van der Waals surface area contributed by atoms with Crippen molar-refractivity contribution in [2.24, 2.45) is 5.92 Å². The summed E-state index contributed by atoms with van der Waals surface area (Å²) in [5, 5.41) is 9.75. The fraction of sp³-hybridized carbons (Fsp3) is 0.667. The standard InChI is InChI=1S/C12H20N2O2/c1-5-16-11-7-13-6-10(14-11)12(8(2)3)9(4)15/h6-9,12,15H,5H2,1-4H3. The molecule has 0 aliphatic rings. The number of ether oxygens (including phenoxy) is 1. The highest BCUT2D eigenvalue weighted by atomic mass is 16.5. The number of nitrogens with zero attached hydrogens (tertiary/aromatic N) is 2. The van der Waals surface area contributed by atoms with Gasteiger partial charge in [0, 0.05) is 12.1 Å². The number of aromatic nitrogens is 2. The molecule has 0 saturated heterocycles. The molecule has 4 nitrogen and oxygen atoms in total. The zero-order chi connectivity index (χ0) is 12.1. The Labute approximate surface area is 96.7 Å². The van der Waals surface area contributed by atoms with E-state index in [0.29, 0.717) is 18.4 Å². The van der Waals surface area contributed by atoms with Gasteiger partial charge in [0.25, 0.3) is 0 Å². The monoisotopic (exact) mass is 224 g/mol. The maximum Gasteiger partial charge on any atom is 0.232 e. The summed E-state index contributed by atoms with van der Waals surface area (Å²) in [5.41, 5.74) is 0.788. The smallest absolute Gasteiger partial charge is 0.232 e. The van der Waals surface area contributed by atoms with Gasteiger partial charge >= 0.3 is 0 Å². The Morgan fingerprint density at radius 2 is 2.00 bits per heavy atom. The van der Waals surface area contributed by atoms with Crippen molar-refractivity contribution in [3.05, 3.63) is 18.1 Å². The van der Waals surface area contributed by atoms with Crippen LogP contribution in [0.5, 0.6) is 5.88 Å². The normalized spacial score (nSPS) is 14.9. The van der Waals surface area contributed by atoms with Crippen LogP contribution >= 0.6 is 0 Å². The molecule has 0 aliphatic carbocycles. The maximum atomic E-state index is 9.75. The van der Waals surface area contributed by atoms with Crippen LogP contribution < -0.4 is 4.74 Å². The Kier molecular flexibility index (Phi) is 4.68. The first kappa shape index (κ1) is 12.9. The molecule has 0 amide bonds. The highest BCUT2D eigenvalue weighted by molar-refractivity contribution is 5.14. The second kappa shape index (κ2) is 5.80. The van der Waals surface area contributed by atoms with Crippen LogP contribution in [-0.4, -0.2) is 27.8 Å². The minimum Gasteiger partial charge on any atom is -0.477 e. The van der Waals surface area contributed by atoms with E-state index < -0.39 is 6.10 Å². The molecule has 0 bridgehead atoms. The molecular formula is C12H20N2O2. The Hall–Kier alpha value is -1.16. The first-order valence-electron chi connectivity index (χ1n) is 5.69. The van der Waals surface area contributed by atoms with E-state index in [-0.39, 0.29) is 5.92 Å². The molecule has 16 heavy (non-hydrogen) atoms. The highest BCUT2D eigenvalue weighted by Crippen LogP contribution is 2.26. The second-order valence-corrected chi connectivity index (χ2v) is 4.23. The van der Waals surface area contributed by atoms with Crippen LogP contribution in [0.25, 0.3) is 0 Å². The summed E-state index contributed by atoms with van der Waals surface area (Å²) in [5.74, 6) is 0.824. The van der Waals surface area contributed by atoms with Gasteiger partial charge in [0.1, 0.15) is 0 Å². The molecule has 4 heteroatoms. The van der Waals surface area contributed by atoms with Crippen molar-refractivity contribution in [3.63, 3.8) is 0 Å². The minimum atomic E-state index is -0.439. The van der Waals surface area contributed by atoms with Crippen molar-refractivity contribution in [2.75, 3.05) is 6.61 Å². The summed E-state index contributed by atoms with van der Waals surface area (Å²) < 4.78 is 5.30. The van der Waals surface area contributed by atoms with Crippen LogP contribution in [0, 0.1) is 5.92 Å². The van der Waals surface area contributed by atoms with Crippen LogP contribution in [-0.2, 0) is 0 Å². The molecule has 2 unspecified atom stereocenters. The highest BCUT2D eigenvalue weighted by Gasteiger charge is 2.23. The number of aliphatic hydroxyl groups is 1. The van der Waals surface area contributed by atoms with E-state index >= 15 is 0 Å². The van der Waals surface area contributed by atoms with Gasteiger partial charge in [-0.1, -0.05) is 13.8 Å². The van der Waals surface area contributed by atoms with Crippen LogP contribution in [0.1, 0.15) is 39.3 Å². The van der Waals surface area contributed by atoms with Crippen LogP contribution in [0.4, 0.5) is 0 Å². The average molecular weight is 224 g/mol. The van der Waals surface area contributed by atoms with Gasteiger partial charge in [-0.3, -0.25) is 4.98 Å². The molecule has 0 fully saturated rings. The molecule has 1 rings (SSSR count). The number of hydrogen-bond acceptors (Lipinski definition) is 4. The van der Waals surface area contributed by atoms with Crippen LogP contribution in [0.2, 0.25) is 0 Å². The fourth-order valence-electron chi connectivity index (χ4n) is 1.89. The Morgan fingerprint density at radius 3 is 2.50 bits per heavy atom. The third kappa shape index (κ3) is 3.17. The molecule has 0 spiro atoms. The molecule has 0 radical (unpaired) electrons. The Bertz CT molecular complexity index is 319. The van der Waals surface area contributed by atoms with E-state index in [4.69, 9.17) is 4.74 Å². The van der Waals surface area contributed by atoms with E-state index in [0.717, 1.165) is 5.69 Å². The number of rotatable bonds is 5. The largest absolute Gasteiger partial charge is 0.477 e. The van der Waals surface area contributed by atoms with Crippen molar-refractivity contribution < 1.29 is 9.84 Å². The summed E-state index contributed by atoms with van der Waals surface area (Å²) in [6.07, 6.45) is 2.85. The van der Waals surface area contributed by atoms with Gasteiger partial charge < -0.3 is 9.84 Å². The molecular weight excluding hydrogens is 204 g/mol. The van der Waals surface area contributed by atoms with Crippen molar-refractivity contribution in [3.8, 4) is 5.88 Å². The molecule has 0 saturated carbocycles. The maximum absolute atomic E-state index is 9.75. The molecule has 1 N–H and O–H groups in total. The van der Waals surface area contributed by atoms with Gasteiger partial charge in [-0.2, -0.15) is 0 Å². The van der Waals surface area contributed by atoms with E-state index in [9.17, 15) is 5.11 Å². The van der Waals surface area contributed by atoms with E-state index in [2.05, 4.69) is 23.8 Å². The van der Waals surface area contributed by atoms with Crippen molar-refractivity contribution in [1.82, 2.24) is 9.97 Å². The SMILES string of the molecule is CCOc1cncc(C(C(C)C)C(C)O)n1. The molecule has 2 atom stereocenters. The van der Waals surface area contributed by atoms with E-state index in [1.54, 1.807) is 19.3 Å². The number of hydrogen-bond donors (Lipinski definition) is 1. The lowest BCUT2D eigenvalue weighted by Gasteiger charge is -2.23. The molecule has 1 aromatic rings. The van der Waals surface area contributed by atoms with Gasteiger partial charge in [-0.05, 0) is 19.8 Å². The summed E-state index contributed by atoms with van der Waals surface area (Å²) in [6, 6.07) is 0. The second-order valence-electron chi connectivity index (χ2n) is 4.23. The zero-order valence-electron chi connectivity index (χ0n) is 10.3. The lowest BCUT2D eigenvalue weighted by molar-refractivity contribution is 0.137. The molecule has 90 valence electrons. The lowest BCUT2D eigenvalue weighted by atomic mass is 9.88.